The number of carbonyl (C=O) groups is 2. The summed E-state index contributed by atoms with van der Waals surface area (Å²) in [6.45, 7) is 3.48. The standard InChI is InChI=1S/C24H29N7O2/c1-16(11-22-29-27-15-30(22)3)17-5-4-6-19(12-17)28-23(32)21-13-18(7-9-26-21)24(33)31-10-8-20(14-31)25-2/h4-7,9,12-13,15-16,20,25H,8,10-11,14H2,1-3H3,(H,28,32)/t16?,20-/m0/s1. The Morgan fingerprint density at radius 1 is 1.24 bits per heavy atom. The SMILES string of the molecule is CN[C@H]1CCN(C(=O)c2ccnc(C(=O)Nc3cccc(C(C)Cc4nncn4C)c3)c2)C1. The average molecular weight is 448 g/mol. The summed E-state index contributed by atoms with van der Waals surface area (Å²) in [6.07, 6.45) is 4.86. The summed E-state index contributed by atoms with van der Waals surface area (Å²) in [5.74, 6) is 0.675. The molecule has 0 radical (unpaired) electrons. The van der Waals surface area contributed by atoms with E-state index in [1.165, 1.54) is 6.20 Å². The van der Waals surface area contributed by atoms with Crippen molar-refractivity contribution in [3.05, 3.63) is 71.6 Å². The summed E-state index contributed by atoms with van der Waals surface area (Å²) >= 11 is 0. The van der Waals surface area contributed by atoms with Crippen molar-refractivity contribution < 1.29 is 9.59 Å². The van der Waals surface area contributed by atoms with Gasteiger partial charge in [-0.2, -0.15) is 0 Å². The second kappa shape index (κ2) is 9.91. The number of likely N-dealkylation sites (N-methyl/N-ethyl adjacent to an activating group) is 1. The molecule has 1 aliphatic rings. The van der Waals surface area contributed by atoms with Crippen molar-refractivity contribution in [3.63, 3.8) is 0 Å². The maximum atomic E-state index is 12.9. The van der Waals surface area contributed by atoms with Crippen molar-refractivity contribution in [2.24, 2.45) is 7.05 Å². The lowest BCUT2D eigenvalue weighted by molar-refractivity contribution is 0.0789. The zero-order valence-electron chi connectivity index (χ0n) is 19.2. The smallest absolute Gasteiger partial charge is 0.274 e. The minimum atomic E-state index is -0.350. The van der Waals surface area contributed by atoms with Crippen LogP contribution in [-0.2, 0) is 13.5 Å². The van der Waals surface area contributed by atoms with Gasteiger partial charge in [-0.25, -0.2) is 0 Å². The molecule has 0 spiro atoms. The van der Waals surface area contributed by atoms with Crippen LogP contribution in [0.2, 0.25) is 0 Å². The number of nitrogens with zero attached hydrogens (tertiary/aromatic N) is 5. The van der Waals surface area contributed by atoms with Crippen LogP contribution in [0.15, 0.2) is 48.9 Å². The summed E-state index contributed by atoms with van der Waals surface area (Å²) in [4.78, 5) is 31.7. The fraction of sp³-hybridized carbons (Fsp3) is 0.375. The molecular weight excluding hydrogens is 418 g/mol. The molecule has 1 fully saturated rings. The summed E-state index contributed by atoms with van der Waals surface area (Å²) in [7, 11) is 3.83. The van der Waals surface area contributed by atoms with E-state index in [1.807, 2.05) is 42.9 Å². The van der Waals surface area contributed by atoms with Gasteiger partial charge in [0.25, 0.3) is 11.8 Å². The average Bonchev–Trinajstić information content (AvgIpc) is 3.48. The van der Waals surface area contributed by atoms with Gasteiger partial charge in [0.15, 0.2) is 0 Å². The Bertz CT molecular complexity index is 1140. The van der Waals surface area contributed by atoms with Crippen molar-refractivity contribution in [2.45, 2.75) is 31.7 Å². The van der Waals surface area contributed by atoms with Crippen LogP contribution in [0, 0.1) is 0 Å². The maximum Gasteiger partial charge on any atom is 0.274 e. The first kappa shape index (κ1) is 22.6. The summed E-state index contributed by atoms with van der Waals surface area (Å²) in [5.41, 5.74) is 2.44. The third-order valence-electron chi connectivity index (χ3n) is 6.13. The number of likely N-dealkylation sites (tertiary alicyclic amines) is 1. The van der Waals surface area contributed by atoms with Crippen LogP contribution in [-0.4, -0.2) is 62.6 Å². The van der Waals surface area contributed by atoms with Gasteiger partial charge < -0.3 is 20.1 Å². The van der Waals surface area contributed by atoms with E-state index in [2.05, 4.69) is 32.7 Å². The Labute approximate surface area is 193 Å². The molecule has 2 N–H and O–H groups in total. The van der Waals surface area contributed by atoms with Crippen molar-refractivity contribution in [1.29, 1.82) is 0 Å². The van der Waals surface area contributed by atoms with E-state index in [-0.39, 0.29) is 23.4 Å². The number of carbonyl (C=O) groups excluding carboxylic acids is 2. The third-order valence-corrected chi connectivity index (χ3v) is 6.13. The minimum Gasteiger partial charge on any atom is -0.337 e. The summed E-state index contributed by atoms with van der Waals surface area (Å²) in [6, 6.07) is 11.3. The van der Waals surface area contributed by atoms with Crippen LogP contribution in [0.1, 0.15) is 51.5 Å². The largest absolute Gasteiger partial charge is 0.337 e. The molecule has 3 aromatic rings. The van der Waals surface area contributed by atoms with Gasteiger partial charge in [-0.05, 0) is 49.2 Å². The molecule has 0 aliphatic carbocycles. The van der Waals surface area contributed by atoms with Gasteiger partial charge in [-0.3, -0.25) is 14.6 Å². The lowest BCUT2D eigenvalue weighted by atomic mass is 9.97. The van der Waals surface area contributed by atoms with Crippen LogP contribution >= 0.6 is 0 Å². The molecule has 9 nitrogen and oxygen atoms in total. The molecule has 1 aliphatic heterocycles. The Morgan fingerprint density at radius 3 is 2.82 bits per heavy atom. The first-order chi connectivity index (χ1) is 15.9. The van der Waals surface area contributed by atoms with Gasteiger partial charge in [-0.1, -0.05) is 19.1 Å². The summed E-state index contributed by atoms with van der Waals surface area (Å²) in [5, 5.41) is 14.2. The van der Waals surface area contributed by atoms with Gasteiger partial charge in [-0.15, -0.1) is 10.2 Å². The second-order valence-corrected chi connectivity index (χ2v) is 8.50. The van der Waals surface area contributed by atoms with Gasteiger partial charge in [0.05, 0.1) is 0 Å². The van der Waals surface area contributed by atoms with Crippen molar-refractivity contribution in [1.82, 2.24) is 30.0 Å². The third kappa shape index (κ3) is 5.25. The first-order valence-corrected chi connectivity index (χ1v) is 11.1. The lowest BCUT2D eigenvalue weighted by Gasteiger charge is -2.17. The van der Waals surface area contributed by atoms with E-state index < -0.39 is 0 Å². The Kier molecular flexibility index (Phi) is 6.79. The topological polar surface area (TPSA) is 105 Å². The molecule has 3 heterocycles. The number of amides is 2. The molecule has 1 aromatic carbocycles. The molecule has 9 heteroatoms. The van der Waals surface area contributed by atoms with E-state index in [0.29, 0.717) is 30.4 Å². The highest BCUT2D eigenvalue weighted by atomic mass is 16.2. The zero-order valence-corrected chi connectivity index (χ0v) is 19.2. The minimum absolute atomic E-state index is 0.0798. The number of pyridine rings is 1. The Balaban J connectivity index is 1.43. The van der Waals surface area contributed by atoms with E-state index in [1.54, 1.807) is 23.4 Å². The van der Waals surface area contributed by atoms with Crippen LogP contribution in [0.25, 0.3) is 0 Å². The van der Waals surface area contributed by atoms with Gasteiger partial charge in [0.1, 0.15) is 17.8 Å². The molecule has 0 bridgehead atoms. The normalized spacial score (nSPS) is 16.6. The molecule has 1 saturated heterocycles. The number of hydrogen-bond acceptors (Lipinski definition) is 6. The number of nitrogens with one attached hydrogen (secondary N) is 2. The highest BCUT2D eigenvalue weighted by Crippen LogP contribution is 2.23. The van der Waals surface area contributed by atoms with Gasteiger partial charge in [0.2, 0.25) is 0 Å². The van der Waals surface area contributed by atoms with Crippen LogP contribution in [0.4, 0.5) is 5.69 Å². The predicted molar refractivity (Wildman–Crippen MR) is 125 cm³/mol. The van der Waals surface area contributed by atoms with Gasteiger partial charge >= 0.3 is 0 Å². The molecule has 2 amide bonds. The molecule has 2 aromatic heterocycles. The van der Waals surface area contributed by atoms with Crippen molar-refractivity contribution in [3.8, 4) is 0 Å². The highest BCUT2D eigenvalue weighted by Gasteiger charge is 2.26. The molecule has 4 rings (SSSR count). The van der Waals surface area contributed by atoms with Crippen LogP contribution < -0.4 is 10.6 Å². The fourth-order valence-electron chi connectivity index (χ4n) is 4.05. The Hall–Kier alpha value is -3.59. The zero-order chi connectivity index (χ0) is 23.4. The molecule has 2 atom stereocenters. The van der Waals surface area contributed by atoms with E-state index in [9.17, 15) is 9.59 Å². The number of aromatic nitrogens is 4. The van der Waals surface area contributed by atoms with E-state index in [0.717, 1.165) is 24.2 Å². The molecule has 33 heavy (non-hydrogen) atoms. The number of hydrogen-bond donors (Lipinski definition) is 2. The number of rotatable bonds is 7. The highest BCUT2D eigenvalue weighted by molar-refractivity contribution is 6.04. The Morgan fingerprint density at radius 2 is 2.09 bits per heavy atom. The molecule has 1 unspecified atom stereocenters. The quantitative estimate of drug-likeness (QED) is 0.576. The maximum absolute atomic E-state index is 12.9. The van der Waals surface area contributed by atoms with E-state index in [4.69, 9.17) is 0 Å². The fourth-order valence-corrected chi connectivity index (χ4v) is 4.05. The summed E-state index contributed by atoms with van der Waals surface area (Å²) < 4.78 is 1.91. The van der Waals surface area contributed by atoms with Crippen molar-refractivity contribution in [2.75, 3.05) is 25.5 Å². The number of aryl methyl sites for hydroxylation is 1. The van der Waals surface area contributed by atoms with E-state index >= 15 is 0 Å². The predicted octanol–water partition coefficient (Wildman–Crippen LogP) is 2.24. The van der Waals surface area contributed by atoms with Crippen LogP contribution in [0.3, 0.4) is 0 Å². The lowest BCUT2D eigenvalue weighted by Crippen LogP contribution is -2.33. The van der Waals surface area contributed by atoms with Crippen LogP contribution in [0.5, 0.6) is 0 Å². The first-order valence-electron chi connectivity index (χ1n) is 11.1. The van der Waals surface area contributed by atoms with Crippen molar-refractivity contribution >= 4 is 17.5 Å². The monoisotopic (exact) mass is 447 g/mol. The number of anilines is 1. The molecule has 0 saturated carbocycles. The number of benzene rings is 1. The molecular formula is C24H29N7O2. The molecule has 172 valence electrons. The van der Waals surface area contributed by atoms with Gasteiger partial charge in [0, 0.05) is 50.0 Å². The second-order valence-electron chi connectivity index (χ2n) is 8.50.